The summed E-state index contributed by atoms with van der Waals surface area (Å²) in [5.74, 6) is 0. The van der Waals surface area contributed by atoms with Crippen LogP contribution in [-0.4, -0.2) is 10.2 Å². The number of hydrogen-bond acceptors (Lipinski definition) is 2. The van der Waals surface area contributed by atoms with Crippen molar-refractivity contribution in [3.8, 4) is 0 Å². The normalized spacial score (nSPS) is 9.14. The summed E-state index contributed by atoms with van der Waals surface area (Å²) in [4.78, 5) is 11.1. The Labute approximate surface area is 85.6 Å². The van der Waals surface area contributed by atoms with E-state index in [1.165, 1.54) is 0 Å². The van der Waals surface area contributed by atoms with Crippen LogP contribution >= 0.6 is 0 Å². The van der Waals surface area contributed by atoms with Crippen LogP contribution in [0.3, 0.4) is 0 Å². The van der Waals surface area contributed by atoms with Crippen LogP contribution in [0.25, 0.3) is 0 Å². The number of H-pyrrole nitrogens is 1. The Bertz CT molecular complexity index is 304. The summed E-state index contributed by atoms with van der Waals surface area (Å²) >= 11 is 0. The van der Waals surface area contributed by atoms with E-state index in [1.54, 1.807) is 6.20 Å². The third-order valence-electron chi connectivity index (χ3n) is 2.01. The second-order valence-electron chi connectivity index (χ2n) is 2.95. The molecule has 3 nitrogen and oxygen atoms in total. The largest absolute Gasteiger partial charge is 0.268 e. The van der Waals surface area contributed by atoms with E-state index in [-0.39, 0.29) is 5.56 Å². The molecule has 0 bridgehead atoms. The van der Waals surface area contributed by atoms with Gasteiger partial charge in [0.2, 0.25) is 0 Å². The number of nitrogens with zero attached hydrogens (tertiary/aromatic N) is 1. The number of hydrogen-bond donors (Lipinski definition) is 1. The molecule has 1 aromatic rings. The molecule has 0 saturated carbocycles. The minimum Gasteiger partial charge on any atom is -0.268 e. The first kappa shape index (κ1) is 12.9. The topological polar surface area (TPSA) is 45.8 Å². The highest BCUT2D eigenvalue weighted by Crippen LogP contribution is 2.04. The van der Waals surface area contributed by atoms with Gasteiger partial charge >= 0.3 is 0 Å². The molecular weight excluding hydrogens is 176 g/mol. The van der Waals surface area contributed by atoms with Crippen LogP contribution in [0.2, 0.25) is 0 Å². The van der Waals surface area contributed by atoms with E-state index in [2.05, 4.69) is 17.1 Å². The van der Waals surface area contributed by atoms with Crippen LogP contribution in [0.4, 0.5) is 0 Å². The van der Waals surface area contributed by atoms with Crippen molar-refractivity contribution in [1.29, 1.82) is 0 Å². The number of aryl methyl sites for hydroxylation is 1. The second kappa shape index (κ2) is 7.30. The van der Waals surface area contributed by atoms with Gasteiger partial charge < -0.3 is 0 Å². The second-order valence-corrected chi connectivity index (χ2v) is 2.95. The molecule has 0 aromatic carbocycles. The minimum atomic E-state index is -0.0661. The fourth-order valence-corrected chi connectivity index (χ4v) is 1.11. The van der Waals surface area contributed by atoms with E-state index in [0.29, 0.717) is 0 Å². The van der Waals surface area contributed by atoms with E-state index < -0.39 is 0 Å². The Kier molecular flexibility index (Phi) is 6.72. The zero-order valence-corrected chi connectivity index (χ0v) is 9.55. The van der Waals surface area contributed by atoms with Gasteiger partial charge in [-0.25, -0.2) is 5.10 Å². The highest BCUT2D eigenvalue weighted by Gasteiger charge is 2.00. The van der Waals surface area contributed by atoms with Crippen LogP contribution in [0, 0.1) is 6.92 Å². The summed E-state index contributed by atoms with van der Waals surface area (Å²) in [6, 6.07) is 0. The van der Waals surface area contributed by atoms with Gasteiger partial charge in [-0.1, -0.05) is 27.2 Å². The lowest BCUT2D eigenvalue weighted by Gasteiger charge is -2.01. The molecule has 0 amide bonds. The van der Waals surface area contributed by atoms with E-state index in [0.717, 1.165) is 30.4 Å². The maximum absolute atomic E-state index is 11.1. The van der Waals surface area contributed by atoms with Gasteiger partial charge in [0.05, 0.1) is 6.20 Å². The van der Waals surface area contributed by atoms with E-state index >= 15 is 0 Å². The molecule has 0 unspecified atom stereocenters. The van der Waals surface area contributed by atoms with E-state index in [9.17, 15) is 4.79 Å². The van der Waals surface area contributed by atoms with Gasteiger partial charge in [-0.15, -0.1) is 0 Å². The number of rotatable bonds is 3. The molecule has 0 aliphatic rings. The van der Waals surface area contributed by atoms with Crippen molar-refractivity contribution >= 4 is 0 Å². The summed E-state index contributed by atoms with van der Waals surface area (Å²) in [7, 11) is 0. The molecule has 1 aromatic heterocycles. The summed E-state index contributed by atoms with van der Waals surface area (Å²) < 4.78 is 0. The van der Waals surface area contributed by atoms with Gasteiger partial charge in [-0.2, -0.15) is 5.10 Å². The van der Waals surface area contributed by atoms with E-state index in [1.807, 2.05) is 20.8 Å². The minimum absolute atomic E-state index is 0.0661. The molecule has 80 valence electrons. The van der Waals surface area contributed by atoms with Gasteiger partial charge in [0.1, 0.15) is 0 Å². The fourth-order valence-electron chi connectivity index (χ4n) is 1.11. The zero-order valence-electron chi connectivity index (χ0n) is 9.55. The molecule has 3 heteroatoms. The van der Waals surface area contributed by atoms with Crippen molar-refractivity contribution in [3.05, 3.63) is 27.7 Å². The third kappa shape index (κ3) is 3.73. The quantitative estimate of drug-likeness (QED) is 0.807. The van der Waals surface area contributed by atoms with Crippen molar-refractivity contribution < 1.29 is 0 Å². The molecule has 1 heterocycles. The van der Waals surface area contributed by atoms with Crippen molar-refractivity contribution in [2.24, 2.45) is 0 Å². The molecule has 0 fully saturated rings. The first-order chi connectivity index (χ1) is 6.75. The van der Waals surface area contributed by atoms with Gasteiger partial charge in [0.15, 0.2) is 0 Å². The molecule has 0 saturated heterocycles. The molecule has 1 rings (SSSR count). The smallest absolute Gasteiger partial charge is 0.267 e. The third-order valence-corrected chi connectivity index (χ3v) is 2.01. The number of nitrogens with one attached hydrogen (secondary N) is 1. The predicted octanol–water partition coefficient (Wildman–Crippen LogP) is 2.45. The van der Waals surface area contributed by atoms with Gasteiger partial charge in [0, 0.05) is 5.56 Å². The van der Waals surface area contributed by atoms with Crippen LogP contribution in [0.15, 0.2) is 11.0 Å². The van der Waals surface area contributed by atoms with Crippen molar-refractivity contribution in [2.45, 2.75) is 47.0 Å². The van der Waals surface area contributed by atoms with E-state index in [4.69, 9.17) is 0 Å². The predicted molar refractivity (Wildman–Crippen MR) is 59.6 cm³/mol. The highest BCUT2D eigenvalue weighted by molar-refractivity contribution is 5.18. The highest BCUT2D eigenvalue weighted by atomic mass is 16.1. The van der Waals surface area contributed by atoms with Crippen molar-refractivity contribution in [2.75, 3.05) is 0 Å². The molecule has 0 atom stereocenters. The molecule has 14 heavy (non-hydrogen) atoms. The number of aromatic amines is 1. The van der Waals surface area contributed by atoms with Crippen molar-refractivity contribution in [1.82, 2.24) is 10.2 Å². The fraction of sp³-hybridized carbons (Fsp3) is 0.636. The van der Waals surface area contributed by atoms with Crippen LogP contribution in [0.1, 0.15) is 44.7 Å². The maximum Gasteiger partial charge on any atom is 0.267 e. The molecular formula is C11H20N2O. The Morgan fingerprint density at radius 1 is 1.43 bits per heavy atom. The molecule has 0 aliphatic carbocycles. The lowest BCUT2D eigenvalue weighted by atomic mass is 10.1. The van der Waals surface area contributed by atoms with Crippen LogP contribution < -0.4 is 5.56 Å². The molecule has 1 N–H and O–H groups in total. The average Bonchev–Trinajstić information content (AvgIpc) is 2.23. The lowest BCUT2D eigenvalue weighted by Crippen LogP contribution is -2.13. The lowest BCUT2D eigenvalue weighted by molar-refractivity contribution is 0.777. The number of unbranched alkanes of at least 4 members (excludes halogenated alkanes) is 1. The average molecular weight is 196 g/mol. The van der Waals surface area contributed by atoms with Crippen LogP contribution in [-0.2, 0) is 6.42 Å². The monoisotopic (exact) mass is 196 g/mol. The van der Waals surface area contributed by atoms with Gasteiger partial charge in [-0.05, 0) is 25.3 Å². The Morgan fingerprint density at radius 3 is 2.64 bits per heavy atom. The molecule has 0 aliphatic heterocycles. The summed E-state index contributed by atoms with van der Waals surface area (Å²) in [6.45, 7) is 7.97. The number of aromatic nitrogens is 2. The maximum atomic E-state index is 11.1. The van der Waals surface area contributed by atoms with Crippen LogP contribution in [0.5, 0.6) is 0 Å². The van der Waals surface area contributed by atoms with Crippen molar-refractivity contribution in [3.63, 3.8) is 0 Å². The summed E-state index contributed by atoms with van der Waals surface area (Å²) in [5.41, 5.74) is 1.81. The SMILES string of the molecule is CC.CCCCc1cn[nH]c(=O)c1C. The summed E-state index contributed by atoms with van der Waals surface area (Å²) in [6.07, 6.45) is 4.96. The Hall–Kier alpha value is -1.12. The zero-order chi connectivity index (χ0) is 11.0. The first-order valence-electron chi connectivity index (χ1n) is 5.29. The molecule has 0 radical (unpaired) electrons. The van der Waals surface area contributed by atoms with Gasteiger partial charge in [-0.3, -0.25) is 4.79 Å². The first-order valence-corrected chi connectivity index (χ1v) is 5.29. The van der Waals surface area contributed by atoms with Gasteiger partial charge in [0.25, 0.3) is 5.56 Å². The Balaban J connectivity index is 0.000000791. The molecule has 0 spiro atoms. The Morgan fingerprint density at radius 2 is 2.07 bits per heavy atom. The summed E-state index contributed by atoms with van der Waals surface area (Å²) in [5, 5.41) is 6.17. The standard InChI is InChI=1S/C9H14N2O.C2H6/c1-3-4-5-8-6-10-11-9(12)7(8)2;1-2/h6H,3-5H2,1-2H3,(H,11,12);1-2H3.